The number of carbonyl (C=O) groups is 1. The van der Waals surface area contributed by atoms with Crippen molar-refractivity contribution in [1.82, 2.24) is 19.5 Å². The highest BCUT2D eigenvalue weighted by Gasteiger charge is 2.11. The maximum absolute atomic E-state index is 12.2. The second-order valence-corrected chi connectivity index (χ2v) is 6.68. The summed E-state index contributed by atoms with van der Waals surface area (Å²) < 4.78 is 3.84. The van der Waals surface area contributed by atoms with E-state index >= 15 is 0 Å². The lowest BCUT2D eigenvalue weighted by Crippen LogP contribution is -2.30. The van der Waals surface area contributed by atoms with Crippen LogP contribution in [0.1, 0.15) is 10.7 Å². The van der Waals surface area contributed by atoms with Gasteiger partial charge in [-0.2, -0.15) is 0 Å². The lowest BCUT2D eigenvalue weighted by atomic mass is 10.1. The van der Waals surface area contributed by atoms with Crippen molar-refractivity contribution >= 4 is 34.6 Å². The van der Waals surface area contributed by atoms with Crippen molar-refractivity contribution in [1.29, 1.82) is 0 Å². The van der Waals surface area contributed by atoms with Gasteiger partial charge in [0.15, 0.2) is 0 Å². The van der Waals surface area contributed by atoms with E-state index in [1.165, 1.54) is 11.5 Å². The van der Waals surface area contributed by atoms with E-state index in [-0.39, 0.29) is 6.03 Å². The zero-order valence-electron chi connectivity index (χ0n) is 12.7. The number of thiazole rings is 1. The molecule has 0 radical (unpaired) electrons. The number of urea groups is 1. The van der Waals surface area contributed by atoms with Gasteiger partial charge in [0.25, 0.3) is 0 Å². The molecule has 2 aromatic heterocycles. The van der Waals surface area contributed by atoms with Crippen LogP contribution in [-0.4, -0.2) is 32.5 Å². The van der Waals surface area contributed by atoms with Crippen molar-refractivity contribution in [3.05, 3.63) is 45.7 Å². The second-order valence-electron chi connectivity index (χ2n) is 5.01. The number of nitrogens with one attached hydrogen (secondary N) is 1. The molecule has 0 aliphatic heterocycles. The van der Waals surface area contributed by atoms with Gasteiger partial charge in [0.1, 0.15) is 5.69 Å². The predicted molar refractivity (Wildman–Crippen MR) is 92.7 cm³/mol. The monoisotopic (exact) mass is 345 g/mol. The summed E-state index contributed by atoms with van der Waals surface area (Å²) in [6.07, 6.45) is 0. The van der Waals surface area contributed by atoms with E-state index in [0.29, 0.717) is 6.54 Å². The molecule has 0 unspecified atom stereocenters. The van der Waals surface area contributed by atoms with Crippen molar-refractivity contribution < 1.29 is 4.79 Å². The largest absolute Gasteiger partial charge is 0.322 e. The molecule has 8 heteroatoms. The summed E-state index contributed by atoms with van der Waals surface area (Å²) in [5.41, 5.74) is 3.45. The third-order valence-corrected chi connectivity index (χ3v) is 4.53. The van der Waals surface area contributed by atoms with Gasteiger partial charge in [-0.15, -0.1) is 16.4 Å². The Labute approximate surface area is 142 Å². The molecule has 118 valence electrons. The molecule has 23 heavy (non-hydrogen) atoms. The van der Waals surface area contributed by atoms with Crippen molar-refractivity contribution in [2.45, 2.75) is 13.5 Å². The summed E-state index contributed by atoms with van der Waals surface area (Å²) in [5.74, 6) is 0. The Morgan fingerprint density at radius 3 is 2.65 bits per heavy atom. The number of hydrogen-bond acceptors (Lipinski definition) is 6. The fourth-order valence-electron chi connectivity index (χ4n) is 2.03. The molecule has 0 spiro atoms. The molecule has 1 N–H and O–H groups in total. The highest BCUT2D eigenvalue weighted by atomic mass is 32.1. The van der Waals surface area contributed by atoms with Gasteiger partial charge in [0.05, 0.1) is 17.2 Å². The highest BCUT2D eigenvalue weighted by molar-refractivity contribution is 7.09. The van der Waals surface area contributed by atoms with Crippen LogP contribution in [0.4, 0.5) is 10.5 Å². The van der Waals surface area contributed by atoms with Crippen LogP contribution in [-0.2, 0) is 6.54 Å². The maximum Gasteiger partial charge on any atom is 0.321 e. The van der Waals surface area contributed by atoms with Crippen LogP contribution in [0.15, 0.2) is 35.0 Å². The summed E-state index contributed by atoms with van der Waals surface area (Å²) in [4.78, 5) is 18.2. The van der Waals surface area contributed by atoms with E-state index < -0.39 is 0 Å². The predicted octanol–water partition coefficient (Wildman–Crippen LogP) is 3.63. The molecule has 3 aromatic rings. The number of aromatic nitrogens is 3. The first-order valence-corrected chi connectivity index (χ1v) is 8.64. The minimum Gasteiger partial charge on any atom is -0.322 e. The summed E-state index contributed by atoms with van der Waals surface area (Å²) >= 11 is 2.90. The molecular weight excluding hydrogens is 330 g/mol. The van der Waals surface area contributed by atoms with Crippen molar-refractivity contribution in [3.8, 4) is 11.3 Å². The molecule has 1 aromatic carbocycles. The van der Waals surface area contributed by atoms with Gasteiger partial charge in [-0.1, -0.05) is 16.6 Å². The minimum absolute atomic E-state index is 0.168. The average molecular weight is 345 g/mol. The Kier molecular flexibility index (Phi) is 4.63. The van der Waals surface area contributed by atoms with Crippen molar-refractivity contribution in [2.24, 2.45) is 0 Å². The third kappa shape index (κ3) is 3.91. The van der Waals surface area contributed by atoms with Crippen LogP contribution in [0.25, 0.3) is 11.3 Å². The number of hydrogen-bond donors (Lipinski definition) is 1. The molecule has 3 rings (SSSR count). The first-order chi connectivity index (χ1) is 11.1. The Morgan fingerprint density at radius 1 is 1.26 bits per heavy atom. The number of amides is 2. The van der Waals surface area contributed by atoms with Crippen LogP contribution in [0.3, 0.4) is 0 Å². The van der Waals surface area contributed by atoms with Gasteiger partial charge in [0.2, 0.25) is 0 Å². The van der Waals surface area contributed by atoms with Gasteiger partial charge in [-0.05, 0) is 30.6 Å². The molecule has 6 nitrogen and oxygen atoms in total. The Balaban J connectivity index is 1.61. The number of nitrogens with zero attached hydrogens (tertiary/aromatic N) is 4. The molecule has 0 atom stereocenters. The first-order valence-electron chi connectivity index (χ1n) is 6.92. The Morgan fingerprint density at radius 2 is 2.04 bits per heavy atom. The van der Waals surface area contributed by atoms with E-state index in [1.54, 1.807) is 23.3 Å². The molecule has 0 saturated carbocycles. The van der Waals surface area contributed by atoms with Crippen LogP contribution >= 0.6 is 22.9 Å². The van der Waals surface area contributed by atoms with Crippen LogP contribution in [0.5, 0.6) is 0 Å². The lowest BCUT2D eigenvalue weighted by molar-refractivity contribution is 0.220. The van der Waals surface area contributed by atoms with E-state index in [4.69, 9.17) is 0 Å². The fraction of sp³-hybridized carbons (Fsp3) is 0.200. The lowest BCUT2D eigenvalue weighted by Gasteiger charge is -2.17. The standard InChI is InChI=1S/C15H15N5OS2/c1-10-16-13(8-22-10)7-20(2)15(21)17-12-5-3-11(4-6-12)14-9-23-19-18-14/h3-6,8-9H,7H2,1-2H3,(H,17,21). The summed E-state index contributed by atoms with van der Waals surface area (Å²) in [7, 11) is 1.75. The Bertz CT molecular complexity index is 783. The fourth-order valence-corrected chi connectivity index (χ4v) is 3.10. The smallest absolute Gasteiger partial charge is 0.321 e. The molecular formula is C15H15N5OS2. The third-order valence-electron chi connectivity index (χ3n) is 3.20. The number of aryl methyl sites for hydroxylation is 1. The van der Waals surface area contributed by atoms with Gasteiger partial charge in [-0.3, -0.25) is 0 Å². The molecule has 0 bridgehead atoms. The van der Waals surface area contributed by atoms with Crippen LogP contribution in [0, 0.1) is 6.92 Å². The van der Waals surface area contributed by atoms with Gasteiger partial charge < -0.3 is 10.2 Å². The topological polar surface area (TPSA) is 71.0 Å². The van der Waals surface area contributed by atoms with Crippen LogP contribution in [0.2, 0.25) is 0 Å². The zero-order valence-corrected chi connectivity index (χ0v) is 14.3. The molecule has 0 saturated heterocycles. The SMILES string of the molecule is Cc1nc(CN(C)C(=O)Nc2ccc(-c3csnn3)cc2)cs1. The van der Waals surface area contributed by atoms with Crippen molar-refractivity contribution in [3.63, 3.8) is 0 Å². The second kappa shape index (κ2) is 6.84. The molecule has 0 aliphatic rings. The number of carbonyl (C=O) groups excluding carboxylic acids is 1. The summed E-state index contributed by atoms with van der Waals surface area (Å²) in [6, 6.07) is 7.37. The molecule has 2 heterocycles. The zero-order chi connectivity index (χ0) is 16.2. The average Bonchev–Trinajstić information content (AvgIpc) is 3.20. The normalized spacial score (nSPS) is 10.5. The molecule has 0 fully saturated rings. The van der Waals surface area contributed by atoms with Crippen molar-refractivity contribution in [2.75, 3.05) is 12.4 Å². The van der Waals surface area contributed by atoms with E-state index in [9.17, 15) is 4.79 Å². The van der Waals surface area contributed by atoms with Gasteiger partial charge in [0, 0.05) is 29.1 Å². The van der Waals surface area contributed by atoms with Gasteiger partial charge >= 0.3 is 6.03 Å². The van der Waals surface area contributed by atoms with E-state index in [0.717, 1.165) is 27.6 Å². The van der Waals surface area contributed by atoms with Crippen LogP contribution < -0.4 is 5.32 Å². The number of anilines is 1. The molecule has 2 amide bonds. The number of rotatable bonds is 4. The van der Waals surface area contributed by atoms with Gasteiger partial charge in [-0.25, -0.2) is 9.78 Å². The maximum atomic E-state index is 12.2. The Hall–Kier alpha value is -2.32. The summed E-state index contributed by atoms with van der Waals surface area (Å²) in [6.45, 7) is 2.44. The van der Waals surface area contributed by atoms with E-state index in [2.05, 4.69) is 19.9 Å². The number of benzene rings is 1. The highest BCUT2D eigenvalue weighted by Crippen LogP contribution is 2.20. The summed E-state index contributed by atoms with van der Waals surface area (Å²) in [5, 5.41) is 11.7. The first kappa shape index (κ1) is 15.6. The molecule has 0 aliphatic carbocycles. The quantitative estimate of drug-likeness (QED) is 0.784. The van der Waals surface area contributed by atoms with E-state index in [1.807, 2.05) is 41.9 Å². The minimum atomic E-state index is -0.168.